The van der Waals surface area contributed by atoms with Gasteiger partial charge in [0.1, 0.15) is 0 Å². The smallest absolute Gasteiger partial charge is 0.0726 e. The molecule has 0 spiro atoms. The van der Waals surface area contributed by atoms with Crippen LogP contribution in [-0.2, 0) is 0 Å². The Balaban J connectivity index is 1.94. The fourth-order valence-corrected chi connectivity index (χ4v) is 3.26. The maximum atomic E-state index is 6.44. The fourth-order valence-electron chi connectivity index (χ4n) is 3.26. The van der Waals surface area contributed by atoms with Gasteiger partial charge in [-0.1, -0.05) is 67.3 Å². The highest BCUT2D eigenvalue weighted by molar-refractivity contribution is 6.10. The molecule has 2 heteroatoms. The first-order chi connectivity index (χ1) is 11.7. The maximum Gasteiger partial charge on any atom is 0.0726 e. The number of aryl methyl sites for hydroxylation is 1. The van der Waals surface area contributed by atoms with Crippen molar-refractivity contribution in [2.24, 2.45) is 16.6 Å². The average Bonchev–Trinajstić information content (AvgIpc) is 2.64. The molecule has 2 aromatic carbocycles. The summed E-state index contributed by atoms with van der Waals surface area (Å²) in [5.74, 6) is 0.505. The van der Waals surface area contributed by atoms with E-state index >= 15 is 0 Å². The van der Waals surface area contributed by atoms with E-state index in [9.17, 15) is 0 Å². The first kappa shape index (κ1) is 16.5. The largest absolute Gasteiger partial charge is 0.402 e. The van der Waals surface area contributed by atoms with E-state index in [0.717, 1.165) is 22.7 Å². The van der Waals surface area contributed by atoms with Crippen molar-refractivity contribution in [1.82, 2.24) is 0 Å². The number of allylic oxidation sites excluding steroid dienone is 2. The zero-order valence-corrected chi connectivity index (χ0v) is 14.4. The molecular formula is C22H26N2. The Morgan fingerprint density at radius 1 is 0.958 bits per heavy atom. The third-order valence-electron chi connectivity index (χ3n) is 4.73. The van der Waals surface area contributed by atoms with E-state index in [0.29, 0.717) is 5.92 Å². The maximum absolute atomic E-state index is 6.44. The molecule has 0 aromatic heterocycles. The van der Waals surface area contributed by atoms with Crippen molar-refractivity contribution in [3.8, 4) is 0 Å². The Kier molecular flexibility index (Phi) is 5.47. The minimum Gasteiger partial charge on any atom is -0.402 e. The lowest BCUT2D eigenvalue weighted by Crippen LogP contribution is -2.17. The number of hydrogen-bond donors (Lipinski definition) is 1. The average molecular weight is 318 g/mol. The molecule has 1 aliphatic carbocycles. The molecule has 1 fully saturated rings. The van der Waals surface area contributed by atoms with Gasteiger partial charge in [0, 0.05) is 11.3 Å². The number of nitrogens with two attached hydrogens (primary N) is 1. The summed E-state index contributed by atoms with van der Waals surface area (Å²) >= 11 is 0. The fraction of sp³-hybridized carbons (Fsp3) is 0.318. The Labute approximate surface area is 145 Å². The van der Waals surface area contributed by atoms with Crippen molar-refractivity contribution in [3.05, 3.63) is 77.5 Å². The molecule has 1 aliphatic rings. The summed E-state index contributed by atoms with van der Waals surface area (Å²) in [7, 11) is 0. The minimum absolute atomic E-state index is 0.505. The molecule has 2 N–H and O–H groups in total. The predicted molar refractivity (Wildman–Crippen MR) is 103 cm³/mol. The van der Waals surface area contributed by atoms with Gasteiger partial charge in [0.2, 0.25) is 0 Å². The molecule has 0 saturated heterocycles. The normalized spacial score (nSPS) is 17.0. The van der Waals surface area contributed by atoms with Gasteiger partial charge in [0.15, 0.2) is 0 Å². The zero-order valence-electron chi connectivity index (χ0n) is 14.4. The van der Waals surface area contributed by atoms with Crippen LogP contribution in [0.1, 0.15) is 43.2 Å². The molecule has 2 aromatic rings. The molecule has 3 rings (SSSR count). The lowest BCUT2D eigenvalue weighted by molar-refractivity contribution is 0.400. The van der Waals surface area contributed by atoms with Gasteiger partial charge in [0.05, 0.1) is 11.4 Å². The van der Waals surface area contributed by atoms with Gasteiger partial charge in [-0.3, -0.25) is 0 Å². The van der Waals surface area contributed by atoms with Crippen molar-refractivity contribution in [2.75, 3.05) is 0 Å². The number of benzene rings is 2. The third kappa shape index (κ3) is 4.35. The van der Waals surface area contributed by atoms with Crippen LogP contribution in [-0.4, -0.2) is 5.71 Å². The van der Waals surface area contributed by atoms with E-state index in [4.69, 9.17) is 10.7 Å². The van der Waals surface area contributed by atoms with Gasteiger partial charge in [-0.25, -0.2) is 4.99 Å². The quantitative estimate of drug-likeness (QED) is 0.739. The van der Waals surface area contributed by atoms with Crippen LogP contribution in [0, 0.1) is 12.8 Å². The first-order valence-corrected chi connectivity index (χ1v) is 8.90. The molecule has 2 nitrogen and oxygen atoms in total. The molecule has 1 saturated carbocycles. The summed E-state index contributed by atoms with van der Waals surface area (Å²) < 4.78 is 0. The van der Waals surface area contributed by atoms with Gasteiger partial charge in [-0.2, -0.15) is 0 Å². The second-order valence-corrected chi connectivity index (χ2v) is 6.68. The van der Waals surface area contributed by atoms with E-state index in [-0.39, 0.29) is 0 Å². The third-order valence-corrected chi connectivity index (χ3v) is 4.73. The second kappa shape index (κ2) is 7.96. The van der Waals surface area contributed by atoms with E-state index < -0.39 is 0 Å². The Bertz CT molecular complexity index is 705. The second-order valence-electron chi connectivity index (χ2n) is 6.68. The molecule has 0 amide bonds. The molecular weight excluding hydrogens is 292 g/mol. The van der Waals surface area contributed by atoms with E-state index in [2.05, 4.69) is 49.4 Å². The molecule has 24 heavy (non-hydrogen) atoms. The van der Waals surface area contributed by atoms with Gasteiger partial charge in [0.25, 0.3) is 0 Å². The lowest BCUT2D eigenvalue weighted by atomic mass is 9.86. The van der Waals surface area contributed by atoms with Crippen molar-refractivity contribution in [1.29, 1.82) is 0 Å². The van der Waals surface area contributed by atoms with Crippen molar-refractivity contribution < 1.29 is 0 Å². The van der Waals surface area contributed by atoms with Crippen LogP contribution in [0.25, 0.3) is 0 Å². The van der Waals surface area contributed by atoms with E-state index in [1.165, 1.54) is 37.7 Å². The van der Waals surface area contributed by atoms with Crippen molar-refractivity contribution in [2.45, 2.75) is 39.0 Å². The number of hydrogen-bond acceptors (Lipinski definition) is 2. The molecule has 0 aliphatic heterocycles. The zero-order chi connectivity index (χ0) is 16.8. The molecule has 0 atom stereocenters. The van der Waals surface area contributed by atoms with E-state index in [1.807, 2.05) is 18.2 Å². The van der Waals surface area contributed by atoms with Gasteiger partial charge in [-0.15, -0.1) is 0 Å². The Hall–Kier alpha value is -2.35. The lowest BCUT2D eigenvalue weighted by Gasteiger charge is -2.22. The highest BCUT2D eigenvalue weighted by atomic mass is 14.7. The summed E-state index contributed by atoms with van der Waals surface area (Å²) in [5, 5.41) is 0. The van der Waals surface area contributed by atoms with Crippen LogP contribution >= 0.6 is 0 Å². The van der Waals surface area contributed by atoms with E-state index in [1.54, 1.807) is 0 Å². The highest BCUT2D eigenvalue weighted by Crippen LogP contribution is 2.28. The Morgan fingerprint density at radius 2 is 1.62 bits per heavy atom. The number of aliphatic imine (C=N–C) groups is 1. The Morgan fingerprint density at radius 3 is 2.29 bits per heavy atom. The first-order valence-electron chi connectivity index (χ1n) is 8.90. The van der Waals surface area contributed by atoms with Crippen LogP contribution in [0.4, 0.5) is 5.69 Å². The van der Waals surface area contributed by atoms with Crippen LogP contribution in [0.3, 0.4) is 0 Å². The van der Waals surface area contributed by atoms with Crippen LogP contribution in [0.5, 0.6) is 0 Å². The number of nitrogens with zero attached hydrogens (tertiary/aromatic N) is 1. The van der Waals surface area contributed by atoms with Gasteiger partial charge >= 0.3 is 0 Å². The summed E-state index contributed by atoms with van der Waals surface area (Å²) in [5.41, 5.74) is 11.7. The van der Waals surface area contributed by atoms with Crippen LogP contribution in [0.15, 0.2) is 71.4 Å². The molecule has 0 radical (unpaired) electrons. The highest BCUT2D eigenvalue weighted by Gasteiger charge is 2.16. The molecule has 0 unspecified atom stereocenters. The SMILES string of the molecule is Cc1ccc(N=C(/C=C(\N)C2CCCCC2)c2ccccc2)cc1. The molecule has 0 bridgehead atoms. The predicted octanol–water partition coefficient (Wildman–Crippen LogP) is 5.54. The minimum atomic E-state index is 0.505. The standard InChI is InChI=1S/C22H26N2/c1-17-12-14-20(15-13-17)24-22(19-10-6-3-7-11-19)16-21(23)18-8-4-2-5-9-18/h3,6-7,10-16,18H,2,4-5,8-9,23H2,1H3/b21-16-,24-22?. The summed E-state index contributed by atoms with van der Waals surface area (Å²) in [6.07, 6.45) is 8.41. The van der Waals surface area contributed by atoms with Crippen LogP contribution in [0.2, 0.25) is 0 Å². The van der Waals surface area contributed by atoms with Crippen molar-refractivity contribution >= 4 is 11.4 Å². The summed E-state index contributed by atoms with van der Waals surface area (Å²) in [6, 6.07) is 18.6. The van der Waals surface area contributed by atoms with Crippen molar-refractivity contribution in [3.63, 3.8) is 0 Å². The molecule has 124 valence electrons. The number of rotatable bonds is 4. The van der Waals surface area contributed by atoms with Gasteiger partial charge in [-0.05, 0) is 43.9 Å². The molecule has 0 heterocycles. The van der Waals surface area contributed by atoms with Crippen LogP contribution < -0.4 is 5.73 Å². The van der Waals surface area contributed by atoms with Gasteiger partial charge < -0.3 is 5.73 Å². The monoisotopic (exact) mass is 318 g/mol. The summed E-state index contributed by atoms with van der Waals surface area (Å²) in [4.78, 5) is 4.87. The summed E-state index contributed by atoms with van der Waals surface area (Å²) in [6.45, 7) is 2.09. The topological polar surface area (TPSA) is 38.4 Å².